The number of hydrogen-bond acceptors (Lipinski definition) is 2. The van der Waals surface area contributed by atoms with Crippen molar-refractivity contribution in [3.05, 3.63) is 0 Å². The van der Waals surface area contributed by atoms with Crippen LogP contribution < -0.4 is 0 Å². The summed E-state index contributed by atoms with van der Waals surface area (Å²) < 4.78 is 12.8. The minimum Gasteiger partial charge on any atom is -0.476 e. The lowest BCUT2D eigenvalue weighted by Gasteiger charge is -2.34. The van der Waals surface area contributed by atoms with Crippen LogP contribution in [0, 0.1) is 0 Å². The van der Waals surface area contributed by atoms with Gasteiger partial charge in [-0.05, 0) is 38.9 Å². The van der Waals surface area contributed by atoms with Crippen LogP contribution in [0.3, 0.4) is 0 Å². The maximum Gasteiger partial charge on any atom is 0.675 e. The highest BCUT2D eigenvalue weighted by molar-refractivity contribution is 6.44. The number of unbranched alkanes of at least 4 members (excludes halogenated alkanes) is 4. The van der Waals surface area contributed by atoms with E-state index in [0.29, 0.717) is 6.10 Å². The molecule has 126 valence electrons. The minimum atomic E-state index is -1.53. The third kappa shape index (κ3) is 11.6. The molecule has 3 heteroatoms. The SMILES string of the molecule is CCCCCC(C)(CCCC)[O][Al]([CH2]CCC)[O]C(C)C. The zero-order chi connectivity index (χ0) is 16.1. The second-order valence-corrected chi connectivity index (χ2v) is 8.83. The zero-order valence-corrected chi connectivity index (χ0v) is 16.7. The molecular formula is C18H39AlO2. The highest BCUT2D eigenvalue weighted by Crippen LogP contribution is 2.28. The van der Waals surface area contributed by atoms with E-state index in [0.717, 1.165) is 5.28 Å². The molecular weight excluding hydrogens is 275 g/mol. The molecule has 0 N–H and O–H groups in total. The molecule has 2 nitrogen and oxygen atoms in total. The Labute approximate surface area is 139 Å². The van der Waals surface area contributed by atoms with Crippen molar-refractivity contribution in [1.29, 1.82) is 0 Å². The molecule has 0 aromatic carbocycles. The van der Waals surface area contributed by atoms with Crippen molar-refractivity contribution in [3.63, 3.8) is 0 Å². The van der Waals surface area contributed by atoms with Crippen LogP contribution in [0.15, 0.2) is 0 Å². The van der Waals surface area contributed by atoms with Gasteiger partial charge in [0, 0.05) is 11.7 Å². The van der Waals surface area contributed by atoms with E-state index in [1.165, 1.54) is 57.8 Å². The molecule has 0 aromatic heterocycles. The monoisotopic (exact) mass is 314 g/mol. The number of rotatable bonds is 14. The van der Waals surface area contributed by atoms with Crippen LogP contribution in [0.25, 0.3) is 0 Å². The first kappa shape index (κ1) is 21.5. The third-order valence-electron chi connectivity index (χ3n) is 4.00. The molecule has 0 fully saturated rings. The Balaban J connectivity index is 4.59. The van der Waals surface area contributed by atoms with Gasteiger partial charge in [-0.1, -0.05) is 65.7 Å². The van der Waals surface area contributed by atoms with Gasteiger partial charge in [-0.25, -0.2) is 0 Å². The third-order valence-corrected chi connectivity index (χ3v) is 6.56. The summed E-state index contributed by atoms with van der Waals surface area (Å²) in [5.41, 5.74) is 0.0463. The quantitative estimate of drug-likeness (QED) is 0.279. The smallest absolute Gasteiger partial charge is 0.476 e. The summed E-state index contributed by atoms with van der Waals surface area (Å²) in [5.74, 6) is 0. The Morgan fingerprint density at radius 2 is 1.43 bits per heavy atom. The van der Waals surface area contributed by atoms with Gasteiger partial charge in [0.25, 0.3) is 0 Å². The lowest BCUT2D eigenvalue weighted by Crippen LogP contribution is -2.39. The summed E-state index contributed by atoms with van der Waals surface area (Å²) in [6, 6.07) is 0. The van der Waals surface area contributed by atoms with Gasteiger partial charge in [0.1, 0.15) is 0 Å². The summed E-state index contributed by atoms with van der Waals surface area (Å²) in [6.07, 6.45) is 11.5. The molecule has 0 amide bonds. The fourth-order valence-corrected chi connectivity index (χ4v) is 5.22. The summed E-state index contributed by atoms with van der Waals surface area (Å²) in [5, 5.41) is 1.16. The Hall–Kier alpha value is 0.452. The summed E-state index contributed by atoms with van der Waals surface area (Å²) >= 11 is -1.53. The molecule has 0 aliphatic heterocycles. The first-order chi connectivity index (χ1) is 9.97. The largest absolute Gasteiger partial charge is 0.675 e. The van der Waals surface area contributed by atoms with Crippen molar-refractivity contribution >= 4 is 14.8 Å². The van der Waals surface area contributed by atoms with E-state index >= 15 is 0 Å². The van der Waals surface area contributed by atoms with Crippen molar-refractivity contribution in [2.45, 2.75) is 116 Å². The molecule has 0 bridgehead atoms. The van der Waals surface area contributed by atoms with Gasteiger partial charge in [-0.2, -0.15) is 0 Å². The van der Waals surface area contributed by atoms with Gasteiger partial charge >= 0.3 is 14.8 Å². The molecule has 21 heavy (non-hydrogen) atoms. The van der Waals surface area contributed by atoms with E-state index in [2.05, 4.69) is 41.5 Å². The van der Waals surface area contributed by atoms with E-state index < -0.39 is 14.8 Å². The Morgan fingerprint density at radius 1 is 0.857 bits per heavy atom. The molecule has 0 heterocycles. The predicted octanol–water partition coefficient (Wildman–Crippen LogP) is 6.25. The van der Waals surface area contributed by atoms with Crippen molar-refractivity contribution in [3.8, 4) is 0 Å². The van der Waals surface area contributed by atoms with Crippen LogP contribution in [0.4, 0.5) is 0 Å². The van der Waals surface area contributed by atoms with E-state index in [1.54, 1.807) is 0 Å². The van der Waals surface area contributed by atoms with Crippen molar-refractivity contribution in [1.82, 2.24) is 0 Å². The average molecular weight is 314 g/mol. The molecule has 0 saturated heterocycles. The topological polar surface area (TPSA) is 18.5 Å². The molecule has 0 aliphatic rings. The van der Waals surface area contributed by atoms with Crippen molar-refractivity contribution in [2.75, 3.05) is 0 Å². The highest BCUT2D eigenvalue weighted by Gasteiger charge is 2.35. The first-order valence-electron chi connectivity index (χ1n) is 9.30. The maximum atomic E-state index is 6.62. The molecule has 0 aromatic rings. The van der Waals surface area contributed by atoms with Gasteiger partial charge in [0.2, 0.25) is 0 Å². The minimum absolute atomic E-state index is 0.0463. The highest BCUT2D eigenvalue weighted by atomic mass is 27.2. The number of hydrogen-bond donors (Lipinski definition) is 0. The van der Waals surface area contributed by atoms with Gasteiger partial charge in [0.15, 0.2) is 0 Å². The zero-order valence-electron chi connectivity index (χ0n) is 15.5. The van der Waals surface area contributed by atoms with Crippen LogP contribution >= 0.6 is 0 Å². The molecule has 0 aliphatic carbocycles. The van der Waals surface area contributed by atoms with Crippen LogP contribution in [0.1, 0.15) is 99.3 Å². The summed E-state index contributed by atoms with van der Waals surface area (Å²) in [4.78, 5) is 0. The second-order valence-electron chi connectivity index (χ2n) is 6.89. The summed E-state index contributed by atoms with van der Waals surface area (Å²) in [6.45, 7) is 13.4. The van der Waals surface area contributed by atoms with Crippen molar-refractivity contribution < 1.29 is 7.58 Å². The maximum absolute atomic E-state index is 6.62. The van der Waals surface area contributed by atoms with Crippen LogP contribution in [0.5, 0.6) is 0 Å². The fraction of sp³-hybridized carbons (Fsp3) is 1.00. The molecule has 0 spiro atoms. The second kappa shape index (κ2) is 12.9. The fourth-order valence-electron chi connectivity index (χ4n) is 2.69. The van der Waals surface area contributed by atoms with Gasteiger partial charge < -0.3 is 7.58 Å². The average Bonchev–Trinajstić information content (AvgIpc) is 2.42. The van der Waals surface area contributed by atoms with Crippen LogP contribution in [-0.4, -0.2) is 26.5 Å². The molecule has 1 unspecified atom stereocenters. The molecule has 0 radical (unpaired) electrons. The molecule has 0 rings (SSSR count). The Bertz CT molecular complexity index is 233. The lowest BCUT2D eigenvalue weighted by molar-refractivity contribution is 0.0227. The van der Waals surface area contributed by atoms with Gasteiger partial charge in [-0.3, -0.25) is 0 Å². The van der Waals surface area contributed by atoms with E-state index in [4.69, 9.17) is 7.58 Å². The Morgan fingerprint density at radius 3 is 1.95 bits per heavy atom. The standard InChI is InChI=1S/C11H23O.C4H9.C3H7O.Al/c1-4-6-8-10-11(3,12)9-7-5-2;1-3-4-2;1-3(2)4;/h4-10H2,1-3H3;1,3-4H2,2H3;3H,1-2H3;/q-1;;-1;+2. The lowest BCUT2D eigenvalue weighted by atomic mass is 9.93. The van der Waals surface area contributed by atoms with Crippen LogP contribution in [-0.2, 0) is 7.58 Å². The molecule has 1 atom stereocenters. The Kier molecular flexibility index (Phi) is 13.2. The van der Waals surface area contributed by atoms with Gasteiger partial charge in [0.05, 0.1) is 0 Å². The van der Waals surface area contributed by atoms with E-state index in [9.17, 15) is 0 Å². The molecule has 0 saturated carbocycles. The normalized spacial score (nSPS) is 14.4. The van der Waals surface area contributed by atoms with Gasteiger partial charge in [-0.15, -0.1) is 0 Å². The first-order valence-corrected chi connectivity index (χ1v) is 11.1. The predicted molar refractivity (Wildman–Crippen MR) is 94.8 cm³/mol. The van der Waals surface area contributed by atoms with E-state index in [-0.39, 0.29) is 5.60 Å². The summed E-state index contributed by atoms with van der Waals surface area (Å²) in [7, 11) is 0. The van der Waals surface area contributed by atoms with Crippen molar-refractivity contribution in [2.24, 2.45) is 0 Å². The van der Waals surface area contributed by atoms with E-state index in [1.807, 2.05) is 0 Å². The van der Waals surface area contributed by atoms with Crippen LogP contribution in [0.2, 0.25) is 5.28 Å².